The van der Waals surface area contributed by atoms with Gasteiger partial charge in [-0.1, -0.05) is 11.1 Å². The Balaban J connectivity index is 2.70. The fourth-order valence-electron chi connectivity index (χ4n) is 0.774. The molecule has 0 spiro atoms. The minimum atomic E-state index is -1.04. The molecular formula is C7H8N4O4. The van der Waals surface area contributed by atoms with E-state index < -0.39 is 16.8 Å². The molecule has 0 aliphatic carbocycles. The smallest absolute Gasteiger partial charge is 0.478 e. The van der Waals surface area contributed by atoms with Gasteiger partial charge in [0.15, 0.2) is 0 Å². The summed E-state index contributed by atoms with van der Waals surface area (Å²) in [6, 6.07) is 0. The Hall–Kier alpha value is -2.25. The van der Waals surface area contributed by atoms with Gasteiger partial charge in [0.1, 0.15) is 0 Å². The molecule has 1 heterocycles. The lowest BCUT2D eigenvalue weighted by Gasteiger charge is -1.91. The molecule has 0 aliphatic heterocycles. The van der Waals surface area contributed by atoms with E-state index in [1.165, 1.54) is 24.0 Å². The molecule has 1 aromatic rings. The standard InChI is InChI=1S/C7H8N4O4/c1-5(6(12)13)2-3-10-4-8-7(9-10)11(14)15/h2,4H,3H2,1H3,(H,12,13). The van der Waals surface area contributed by atoms with E-state index in [0.29, 0.717) is 0 Å². The molecule has 0 aromatic carbocycles. The van der Waals surface area contributed by atoms with Crippen molar-refractivity contribution in [1.82, 2.24) is 14.8 Å². The number of carboxylic acids is 1. The van der Waals surface area contributed by atoms with Crippen LogP contribution in [0.2, 0.25) is 0 Å². The number of allylic oxidation sites excluding steroid dienone is 1. The van der Waals surface area contributed by atoms with Crippen molar-refractivity contribution < 1.29 is 14.8 Å². The maximum atomic E-state index is 10.4. The summed E-state index contributed by atoms with van der Waals surface area (Å²) < 4.78 is 1.19. The van der Waals surface area contributed by atoms with Gasteiger partial charge >= 0.3 is 11.9 Å². The van der Waals surface area contributed by atoms with Crippen LogP contribution in [0, 0.1) is 10.1 Å². The highest BCUT2D eigenvalue weighted by Gasteiger charge is 2.12. The number of rotatable bonds is 4. The molecule has 8 heteroatoms. The van der Waals surface area contributed by atoms with E-state index in [0.717, 1.165) is 0 Å². The number of aromatic nitrogens is 3. The zero-order valence-electron chi connectivity index (χ0n) is 7.82. The van der Waals surface area contributed by atoms with Crippen LogP contribution in [0.1, 0.15) is 6.92 Å². The second-order valence-electron chi connectivity index (χ2n) is 2.72. The predicted molar refractivity (Wildman–Crippen MR) is 48.1 cm³/mol. The third kappa shape index (κ3) is 2.86. The highest BCUT2D eigenvalue weighted by molar-refractivity contribution is 5.85. The maximum Gasteiger partial charge on any atom is 0.490 e. The summed E-state index contributed by atoms with van der Waals surface area (Å²) in [6.45, 7) is 1.56. The quantitative estimate of drug-likeness (QED) is 0.434. The van der Waals surface area contributed by atoms with Crippen molar-refractivity contribution in [3.8, 4) is 0 Å². The molecule has 0 radical (unpaired) electrons. The molecular weight excluding hydrogens is 204 g/mol. The Kier molecular flexibility index (Phi) is 3.11. The number of aliphatic carboxylic acids is 1. The predicted octanol–water partition coefficient (Wildman–Crippen LogP) is 0.217. The Morgan fingerprint density at radius 3 is 2.93 bits per heavy atom. The Bertz CT molecular complexity index is 422. The lowest BCUT2D eigenvalue weighted by Crippen LogP contribution is -2.01. The van der Waals surface area contributed by atoms with Gasteiger partial charge < -0.3 is 15.2 Å². The molecule has 8 nitrogen and oxygen atoms in total. The Morgan fingerprint density at radius 2 is 2.47 bits per heavy atom. The van der Waals surface area contributed by atoms with Crippen molar-refractivity contribution in [2.45, 2.75) is 13.5 Å². The number of nitrogens with zero attached hydrogens (tertiary/aromatic N) is 4. The van der Waals surface area contributed by atoms with Crippen LogP contribution in [-0.4, -0.2) is 30.8 Å². The van der Waals surface area contributed by atoms with Gasteiger partial charge in [0, 0.05) is 10.7 Å². The number of carbonyl (C=O) groups is 1. The molecule has 0 atom stereocenters. The van der Waals surface area contributed by atoms with Gasteiger partial charge in [-0.15, -0.1) is 0 Å². The highest BCUT2D eigenvalue weighted by atomic mass is 16.6. The van der Waals surface area contributed by atoms with Gasteiger partial charge in [-0.3, -0.25) is 0 Å². The van der Waals surface area contributed by atoms with Crippen molar-refractivity contribution in [2.24, 2.45) is 0 Å². The molecule has 0 unspecified atom stereocenters. The van der Waals surface area contributed by atoms with E-state index in [-0.39, 0.29) is 12.1 Å². The average Bonchev–Trinajstić information content (AvgIpc) is 2.62. The van der Waals surface area contributed by atoms with Crippen LogP contribution < -0.4 is 0 Å². The first-order chi connectivity index (χ1) is 7.00. The van der Waals surface area contributed by atoms with Crippen LogP contribution in [0.5, 0.6) is 0 Å². The van der Waals surface area contributed by atoms with Crippen molar-refractivity contribution in [1.29, 1.82) is 0 Å². The second kappa shape index (κ2) is 4.31. The fraction of sp³-hybridized carbons (Fsp3) is 0.286. The summed E-state index contributed by atoms with van der Waals surface area (Å²) in [5, 5.41) is 22.3. The van der Waals surface area contributed by atoms with Gasteiger partial charge in [-0.05, 0) is 11.8 Å². The molecule has 15 heavy (non-hydrogen) atoms. The lowest BCUT2D eigenvalue weighted by atomic mass is 10.3. The van der Waals surface area contributed by atoms with Gasteiger partial charge in [0.05, 0.1) is 6.54 Å². The summed E-state index contributed by atoms with van der Waals surface area (Å²) in [4.78, 5) is 23.3. The second-order valence-corrected chi connectivity index (χ2v) is 2.72. The first kappa shape index (κ1) is 10.8. The van der Waals surface area contributed by atoms with Gasteiger partial charge in [0.2, 0.25) is 6.33 Å². The maximum absolute atomic E-state index is 10.4. The molecule has 1 rings (SSSR count). The van der Waals surface area contributed by atoms with Crippen LogP contribution in [0.3, 0.4) is 0 Å². The lowest BCUT2D eigenvalue weighted by molar-refractivity contribution is -0.394. The third-order valence-electron chi connectivity index (χ3n) is 1.61. The van der Waals surface area contributed by atoms with Crippen LogP contribution >= 0.6 is 0 Å². The van der Waals surface area contributed by atoms with Crippen LogP contribution in [0.4, 0.5) is 5.95 Å². The van der Waals surface area contributed by atoms with E-state index in [1.54, 1.807) is 0 Å². The number of hydrogen-bond donors (Lipinski definition) is 1. The number of carboxylic acid groups (broad SMARTS) is 1. The van der Waals surface area contributed by atoms with Crippen LogP contribution in [0.25, 0.3) is 0 Å². The summed E-state index contributed by atoms with van der Waals surface area (Å²) in [5.74, 6) is -1.54. The van der Waals surface area contributed by atoms with E-state index in [2.05, 4.69) is 10.1 Å². The number of hydrogen-bond acceptors (Lipinski definition) is 5. The van der Waals surface area contributed by atoms with Crippen molar-refractivity contribution in [3.63, 3.8) is 0 Å². The average molecular weight is 212 g/mol. The molecule has 1 aromatic heterocycles. The largest absolute Gasteiger partial charge is 0.490 e. The Labute approximate surface area is 84.0 Å². The van der Waals surface area contributed by atoms with Crippen LogP contribution in [-0.2, 0) is 11.3 Å². The third-order valence-corrected chi connectivity index (χ3v) is 1.61. The van der Waals surface area contributed by atoms with Crippen molar-refractivity contribution >= 4 is 11.9 Å². The molecule has 1 N–H and O–H groups in total. The molecule has 0 amide bonds. The summed E-state index contributed by atoms with van der Waals surface area (Å²) >= 11 is 0. The molecule has 0 fully saturated rings. The first-order valence-electron chi connectivity index (χ1n) is 3.94. The summed E-state index contributed by atoms with van der Waals surface area (Å²) in [6.07, 6.45) is 2.56. The topological polar surface area (TPSA) is 111 Å². The van der Waals surface area contributed by atoms with Crippen molar-refractivity contribution in [2.75, 3.05) is 0 Å². The summed E-state index contributed by atoms with van der Waals surface area (Å²) in [7, 11) is 0. The normalized spacial score (nSPS) is 11.4. The van der Waals surface area contributed by atoms with Gasteiger partial charge in [-0.25, -0.2) is 4.79 Å². The highest BCUT2D eigenvalue weighted by Crippen LogP contribution is 2.00. The fourth-order valence-corrected chi connectivity index (χ4v) is 0.774. The molecule has 0 aliphatic rings. The first-order valence-corrected chi connectivity index (χ1v) is 3.94. The van der Waals surface area contributed by atoms with Gasteiger partial charge in [-0.2, -0.15) is 4.68 Å². The minimum absolute atomic E-state index is 0.138. The van der Waals surface area contributed by atoms with E-state index in [1.807, 2.05) is 0 Å². The monoisotopic (exact) mass is 212 g/mol. The Morgan fingerprint density at radius 1 is 1.80 bits per heavy atom. The molecule has 0 bridgehead atoms. The molecule has 0 saturated carbocycles. The number of nitro groups is 1. The molecule has 80 valence electrons. The van der Waals surface area contributed by atoms with Crippen molar-refractivity contribution in [3.05, 3.63) is 28.1 Å². The van der Waals surface area contributed by atoms with Gasteiger partial charge in [0.25, 0.3) is 0 Å². The van der Waals surface area contributed by atoms with E-state index >= 15 is 0 Å². The zero-order chi connectivity index (χ0) is 11.4. The SMILES string of the molecule is CC(=CCn1cnc([N+](=O)[O-])n1)C(=O)O. The minimum Gasteiger partial charge on any atom is -0.478 e. The molecule has 0 saturated heterocycles. The summed E-state index contributed by atoms with van der Waals surface area (Å²) in [5.41, 5.74) is 0.146. The van der Waals surface area contributed by atoms with E-state index in [9.17, 15) is 14.9 Å². The van der Waals surface area contributed by atoms with E-state index in [4.69, 9.17) is 5.11 Å². The van der Waals surface area contributed by atoms with Crippen LogP contribution in [0.15, 0.2) is 18.0 Å². The zero-order valence-corrected chi connectivity index (χ0v) is 7.82.